The van der Waals surface area contributed by atoms with E-state index in [1.54, 1.807) is 5.94 Å². The van der Waals surface area contributed by atoms with Crippen molar-refractivity contribution >= 4 is 11.8 Å². The summed E-state index contributed by atoms with van der Waals surface area (Å²) in [5.74, 6) is 1.29. The fraction of sp³-hybridized carbons (Fsp3) is 0.500. The first-order chi connectivity index (χ1) is 4.27. The first kappa shape index (κ1) is 7.92. The lowest BCUT2D eigenvalue weighted by molar-refractivity contribution is -0.118. The number of primary amides is 1. The van der Waals surface area contributed by atoms with Crippen molar-refractivity contribution in [3.8, 4) is 0 Å². The van der Waals surface area contributed by atoms with Crippen LogP contribution >= 0.6 is 0 Å². The normalized spacial score (nSPS) is 8.00. The minimum Gasteiger partial charge on any atom is -0.370 e. The lowest BCUT2D eigenvalue weighted by atomic mass is 10.2. The molecule has 0 aliphatic carbocycles. The quantitative estimate of drug-likeness (QED) is 0.427. The molecule has 1 amide bonds. The number of amides is 1. The van der Waals surface area contributed by atoms with E-state index in [1.165, 1.54) is 6.08 Å². The molecule has 0 rings (SSSR count). The molecular weight excluding hydrogens is 118 g/mol. The molecule has 2 N–H and O–H groups in total. The van der Waals surface area contributed by atoms with Gasteiger partial charge in [0.1, 0.15) is 5.94 Å². The molecule has 0 aliphatic rings. The standard InChI is InChI=1S/C6H9NO2/c7-6(9)4-2-1-3-5-8/h3H,1-2,4H2,(H2,7,9). The summed E-state index contributed by atoms with van der Waals surface area (Å²) in [6.07, 6.45) is 2.93. The first-order valence-electron chi connectivity index (χ1n) is 2.75. The van der Waals surface area contributed by atoms with Gasteiger partial charge in [-0.25, -0.2) is 4.79 Å². The van der Waals surface area contributed by atoms with Crippen molar-refractivity contribution in [2.45, 2.75) is 19.3 Å². The van der Waals surface area contributed by atoms with E-state index in [-0.39, 0.29) is 5.91 Å². The van der Waals surface area contributed by atoms with Crippen molar-refractivity contribution < 1.29 is 9.59 Å². The third-order valence-electron chi connectivity index (χ3n) is 0.855. The second-order valence-electron chi connectivity index (χ2n) is 1.68. The zero-order chi connectivity index (χ0) is 7.11. The Balaban J connectivity index is 3.10. The summed E-state index contributed by atoms with van der Waals surface area (Å²) in [4.78, 5) is 19.6. The molecule has 0 aliphatic heterocycles. The van der Waals surface area contributed by atoms with Crippen molar-refractivity contribution in [1.82, 2.24) is 0 Å². The smallest absolute Gasteiger partial charge is 0.217 e. The van der Waals surface area contributed by atoms with Crippen LogP contribution in [0.25, 0.3) is 0 Å². The van der Waals surface area contributed by atoms with Gasteiger partial charge >= 0.3 is 0 Å². The minimum atomic E-state index is -0.325. The zero-order valence-electron chi connectivity index (χ0n) is 5.09. The van der Waals surface area contributed by atoms with E-state index in [0.29, 0.717) is 19.3 Å². The van der Waals surface area contributed by atoms with Crippen LogP contribution in [0, 0.1) is 0 Å². The summed E-state index contributed by atoms with van der Waals surface area (Å²) in [6.45, 7) is 0. The molecule has 0 aromatic heterocycles. The van der Waals surface area contributed by atoms with Crippen molar-refractivity contribution in [2.24, 2.45) is 5.73 Å². The van der Waals surface area contributed by atoms with Gasteiger partial charge in [-0.1, -0.05) is 0 Å². The van der Waals surface area contributed by atoms with Gasteiger partial charge in [-0.15, -0.1) is 0 Å². The van der Waals surface area contributed by atoms with E-state index >= 15 is 0 Å². The van der Waals surface area contributed by atoms with Gasteiger partial charge in [-0.3, -0.25) is 4.79 Å². The molecule has 50 valence electrons. The molecule has 0 aromatic rings. The number of hydrogen-bond acceptors (Lipinski definition) is 2. The molecule has 0 fully saturated rings. The molecule has 3 heteroatoms. The lowest BCUT2D eigenvalue weighted by Gasteiger charge is -1.87. The highest BCUT2D eigenvalue weighted by Crippen LogP contribution is 1.92. The van der Waals surface area contributed by atoms with Crippen LogP contribution in [0.5, 0.6) is 0 Å². The van der Waals surface area contributed by atoms with Gasteiger partial charge in [-0.2, -0.15) is 0 Å². The van der Waals surface area contributed by atoms with E-state index in [0.717, 1.165) is 0 Å². The Labute approximate surface area is 53.5 Å². The highest BCUT2D eigenvalue weighted by atomic mass is 16.1. The molecule has 3 nitrogen and oxygen atoms in total. The Morgan fingerprint density at radius 2 is 2.33 bits per heavy atom. The van der Waals surface area contributed by atoms with Crippen LogP contribution in [0.1, 0.15) is 19.3 Å². The molecule has 0 saturated carbocycles. The van der Waals surface area contributed by atoms with Gasteiger partial charge in [0, 0.05) is 6.42 Å². The zero-order valence-corrected chi connectivity index (χ0v) is 5.09. The third kappa shape index (κ3) is 6.92. The predicted molar refractivity (Wildman–Crippen MR) is 33.3 cm³/mol. The number of nitrogens with two attached hydrogens (primary N) is 1. The van der Waals surface area contributed by atoms with Crippen LogP contribution in [0.15, 0.2) is 6.08 Å². The van der Waals surface area contributed by atoms with Gasteiger partial charge in [-0.05, 0) is 18.9 Å². The van der Waals surface area contributed by atoms with Crippen molar-refractivity contribution in [1.29, 1.82) is 0 Å². The monoisotopic (exact) mass is 127 g/mol. The molecule has 0 radical (unpaired) electrons. The van der Waals surface area contributed by atoms with E-state index in [4.69, 9.17) is 5.73 Å². The van der Waals surface area contributed by atoms with E-state index in [9.17, 15) is 9.59 Å². The maximum atomic E-state index is 10.1. The van der Waals surface area contributed by atoms with Gasteiger partial charge in [0.25, 0.3) is 0 Å². The summed E-state index contributed by atoms with van der Waals surface area (Å²) in [5.41, 5.74) is 4.82. The number of allylic oxidation sites excluding steroid dienone is 1. The minimum absolute atomic E-state index is 0.325. The van der Waals surface area contributed by atoms with Crippen LogP contribution < -0.4 is 5.73 Å². The summed E-state index contributed by atoms with van der Waals surface area (Å²) in [5, 5.41) is 0. The van der Waals surface area contributed by atoms with Crippen LogP contribution in [-0.2, 0) is 9.59 Å². The molecule has 9 heavy (non-hydrogen) atoms. The van der Waals surface area contributed by atoms with Crippen LogP contribution in [-0.4, -0.2) is 11.8 Å². The summed E-state index contributed by atoms with van der Waals surface area (Å²) in [7, 11) is 0. The summed E-state index contributed by atoms with van der Waals surface area (Å²) >= 11 is 0. The van der Waals surface area contributed by atoms with E-state index < -0.39 is 0 Å². The van der Waals surface area contributed by atoms with Crippen molar-refractivity contribution in [3.63, 3.8) is 0 Å². The number of carbonyl (C=O) groups excluding carboxylic acids is 2. The Kier molecular flexibility index (Phi) is 4.46. The van der Waals surface area contributed by atoms with Gasteiger partial charge < -0.3 is 5.73 Å². The molecule has 0 spiro atoms. The molecular formula is C6H9NO2. The fourth-order valence-corrected chi connectivity index (χ4v) is 0.437. The number of carbonyl (C=O) groups is 1. The Morgan fingerprint density at radius 1 is 1.67 bits per heavy atom. The van der Waals surface area contributed by atoms with Crippen molar-refractivity contribution in [2.75, 3.05) is 0 Å². The highest BCUT2D eigenvalue weighted by Gasteiger charge is 1.90. The van der Waals surface area contributed by atoms with Crippen LogP contribution in [0.3, 0.4) is 0 Å². The first-order valence-corrected chi connectivity index (χ1v) is 2.75. The number of hydrogen-bond donors (Lipinski definition) is 1. The van der Waals surface area contributed by atoms with Gasteiger partial charge in [0.2, 0.25) is 5.91 Å². The highest BCUT2D eigenvalue weighted by molar-refractivity contribution is 5.73. The SMILES string of the molecule is NC(=O)CCCC=C=O. The summed E-state index contributed by atoms with van der Waals surface area (Å²) in [6, 6.07) is 0. The fourth-order valence-electron chi connectivity index (χ4n) is 0.437. The van der Waals surface area contributed by atoms with E-state index in [2.05, 4.69) is 0 Å². The molecule has 0 aromatic carbocycles. The average molecular weight is 127 g/mol. The topological polar surface area (TPSA) is 60.2 Å². The average Bonchev–Trinajstić information content (AvgIpc) is 1.80. The molecule has 0 atom stereocenters. The van der Waals surface area contributed by atoms with Gasteiger partial charge in [0.15, 0.2) is 0 Å². The Hall–Kier alpha value is -1.08. The van der Waals surface area contributed by atoms with Crippen LogP contribution in [0.2, 0.25) is 0 Å². The van der Waals surface area contributed by atoms with Gasteiger partial charge in [0.05, 0.1) is 0 Å². The molecule has 0 saturated heterocycles. The second-order valence-corrected chi connectivity index (χ2v) is 1.68. The maximum absolute atomic E-state index is 10.1. The van der Waals surface area contributed by atoms with Crippen LogP contribution in [0.4, 0.5) is 0 Å². The molecule has 0 bridgehead atoms. The van der Waals surface area contributed by atoms with Crippen molar-refractivity contribution in [3.05, 3.63) is 6.08 Å². The second kappa shape index (κ2) is 5.06. The van der Waals surface area contributed by atoms with E-state index in [1.807, 2.05) is 0 Å². The lowest BCUT2D eigenvalue weighted by Crippen LogP contribution is -2.09. The molecule has 0 heterocycles. The number of rotatable bonds is 4. The summed E-state index contributed by atoms with van der Waals surface area (Å²) < 4.78 is 0. The maximum Gasteiger partial charge on any atom is 0.217 e. The largest absolute Gasteiger partial charge is 0.370 e. The Morgan fingerprint density at radius 3 is 2.78 bits per heavy atom. The molecule has 0 unspecified atom stereocenters. The predicted octanol–water partition coefficient (Wildman–Crippen LogP) is 0.0298. The third-order valence-corrected chi connectivity index (χ3v) is 0.855. The Bertz CT molecular complexity index is 134. The number of unbranched alkanes of at least 4 members (excludes halogenated alkanes) is 1.